The average Bonchev–Trinajstić information content (AvgIpc) is 2.69. The minimum Gasteiger partial charge on any atom is -0.484 e. The Morgan fingerprint density at radius 2 is 2.07 bits per heavy atom. The molecule has 0 saturated carbocycles. The van der Waals surface area contributed by atoms with E-state index in [0.29, 0.717) is 29.9 Å². The van der Waals surface area contributed by atoms with E-state index in [-0.39, 0.29) is 24.0 Å². The maximum Gasteiger partial charge on any atom is 0.339 e. The van der Waals surface area contributed by atoms with Gasteiger partial charge in [0.1, 0.15) is 11.6 Å². The van der Waals surface area contributed by atoms with Gasteiger partial charge in [0.05, 0.1) is 22.9 Å². The van der Waals surface area contributed by atoms with Gasteiger partial charge in [-0.1, -0.05) is 18.2 Å². The quantitative estimate of drug-likeness (QED) is 0.570. The van der Waals surface area contributed by atoms with Gasteiger partial charge in [0.15, 0.2) is 6.61 Å². The summed E-state index contributed by atoms with van der Waals surface area (Å²) in [6, 6.07) is 5.55. The van der Waals surface area contributed by atoms with Crippen LogP contribution in [0.2, 0.25) is 5.02 Å². The highest BCUT2D eigenvalue weighted by molar-refractivity contribution is 6.30. The number of benzene rings is 1. The average molecular weight is 422 g/mol. The second-order valence-corrected chi connectivity index (χ2v) is 6.28. The number of nitrogens with one attached hydrogen (secondary N) is 2. The van der Waals surface area contributed by atoms with Crippen molar-refractivity contribution in [2.45, 2.75) is 13.3 Å². The molecule has 0 aliphatic rings. The number of aromatic nitrogens is 1. The Kier molecular flexibility index (Phi) is 8.42. The molecule has 0 unspecified atom stereocenters. The fourth-order valence-electron chi connectivity index (χ4n) is 2.23. The number of hydrogen-bond acceptors (Lipinski definition) is 6. The molecule has 1 amide bonds. The van der Waals surface area contributed by atoms with Crippen LogP contribution >= 0.6 is 11.6 Å². The smallest absolute Gasteiger partial charge is 0.339 e. The van der Waals surface area contributed by atoms with Crippen molar-refractivity contribution >= 4 is 29.2 Å². The summed E-state index contributed by atoms with van der Waals surface area (Å²) < 4.78 is 23.5. The van der Waals surface area contributed by atoms with Crippen molar-refractivity contribution in [1.29, 1.82) is 0 Å². The van der Waals surface area contributed by atoms with Gasteiger partial charge in [-0.15, -0.1) is 0 Å². The number of ether oxygens (including phenoxy) is 2. The lowest BCUT2D eigenvalue weighted by Gasteiger charge is -2.11. The van der Waals surface area contributed by atoms with Gasteiger partial charge in [-0.3, -0.25) is 9.78 Å². The number of carbonyl (C=O) groups excluding carboxylic acids is 2. The summed E-state index contributed by atoms with van der Waals surface area (Å²) in [5.41, 5.74) is 1.46. The van der Waals surface area contributed by atoms with Crippen molar-refractivity contribution in [2.75, 3.05) is 25.1 Å². The molecule has 1 aromatic heterocycles. The Hall–Kier alpha value is -3.13. The van der Waals surface area contributed by atoms with Crippen LogP contribution in [0.5, 0.6) is 5.75 Å². The number of halogens is 2. The van der Waals surface area contributed by atoms with Gasteiger partial charge in [0, 0.05) is 37.1 Å². The fraction of sp³-hybridized carbons (Fsp3) is 0.250. The lowest BCUT2D eigenvalue weighted by Crippen LogP contribution is -2.28. The van der Waals surface area contributed by atoms with Crippen LogP contribution in [-0.4, -0.2) is 36.6 Å². The van der Waals surface area contributed by atoms with Gasteiger partial charge in [0.25, 0.3) is 5.91 Å². The third-order valence-corrected chi connectivity index (χ3v) is 3.89. The number of esters is 1. The molecule has 0 atom stereocenters. The zero-order valence-electron chi connectivity index (χ0n) is 15.8. The van der Waals surface area contributed by atoms with Gasteiger partial charge < -0.3 is 20.1 Å². The molecule has 1 heterocycles. The molecule has 0 saturated heterocycles. The van der Waals surface area contributed by atoms with Gasteiger partial charge in [-0.05, 0) is 25.1 Å². The van der Waals surface area contributed by atoms with Crippen LogP contribution < -0.4 is 15.4 Å². The molecular formula is C20H21ClFN3O4. The third-order valence-electron chi connectivity index (χ3n) is 3.58. The van der Waals surface area contributed by atoms with Crippen LogP contribution in [-0.2, 0) is 9.53 Å². The van der Waals surface area contributed by atoms with E-state index < -0.39 is 17.7 Å². The molecule has 9 heteroatoms. The second kappa shape index (κ2) is 11.0. The molecule has 29 heavy (non-hydrogen) atoms. The largest absolute Gasteiger partial charge is 0.484 e. The Morgan fingerprint density at radius 1 is 1.28 bits per heavy atom. The number of hydrogen-bond donors (Lipinski definition) is 2. The molecule has 0 radical (unpaired) electrons. The Balaban J connectivity index is 1.72. The number of carbonyl (C=O) groups is 2. The van der Waals surface area contributed by atoms with Crippen LogP contribution in [0.15, 0.2) is 48.9 Å². The van der Waals surface area contributed by atoms with E-state index >= 15 is 0 Å². The summed E-state index contributed by atoms with van der Waals surface area (Å²) in [4.78, 5) is 27.6. The molecule has 0 spiro atoms. The normalized spacial score (nSPS) is 10.2. The van der Waals surface area contributed by atoms with Crippen LogP contribution in [0.4, 0.5) is 10.1 Å². The van der Waals surface area contributed by atoms with Gasteiger partial charge in [-0.25, -0.2) is 9.18 Å². The summed E-state index contributed by atoms with van der Waals surface area (Å²) in [6.07, 6.45) is 3.43. The number of nitrogens with zero attached hydrogens (tertiary/aromatic N) is 1. The van der Waals surface area contributed by atoms with Gasteiger partial charge >= 0.3 is 5.97 Å². The van der Waals surface area contributed by atoms with E-state index in [1.54, 1.807) is 19.2 Å². The van der Waals surface area contributed by atoms with E-state index in [1.807, 2.05) is 0 Å². The fourth-order valence-corrected chi connectivity index (χ4v) is 2.35. The van der Waals surface area contributed by atoms with Crippen LogP contribution in [0, 0.1) is 5.82 Å². The molecule has 0 fully saturated rings. The predicted molar refractivity (Wildman–Crippen MR) is 107 cm³/mol. The number of anilines is 1. The highest BCUT2D eigenvalue weighted by atomic mass is 35.5. The molecule has 2 N–H and O–H groups in total. The lowest BCUT2D eigenvalue weighted by atomic mass is 10.2. The van der Waals surface area contributed by atoms with E-state index in [1.165, 1.54) is 18.3 Å². The number of amides is 1. The van der Waals surface area contributed by atoms with Crippen LogP contribution in [0.25, 0.3) is 0 Å². The van der Waals surface area contributed by atoms with E-state index in [9.17, 15) is 14.0 Å². The maximum atomic E-state index is 13.3. The lowest BCUT2D eigenvalue weighted by molar-refractivity contribution is -0.122. The molecule has 2 rings (SSSR count). The predicted octanol–water partition coefficient (Wildman–Crippen LogP) is 3.56. The van der Waals surface area contributed by atoms with Gasteiger partial charge in [-0.2, -0.15) is 0 Å². The highest BCUT2D eigenvalue weighted by Gasteiger charge is 2.09. The topological polar surface area (TPSA) is 89.5 Å². The molecule has 0 aliphatic carbocycles. The maximum absolute atomic E-state index is 13.3. The van der Waals surface area contributed by atoms with E-state index in [2.05, 4.69) is 22.2 Å². The van der Waals surface area contributed by atoms with Gasteiger partial charge in [0.2, 0.25) is 0 Å². The second-order valence-electron chi connectivity index (χ2n) is 5.88. The van der Waals surface area contributed by atoms with Crippen molar-refractivity contribution in [2.24, 2.45) is 0 Å². The molecule has 0 bridgehead atoms. The first kappa shape index (κ1) is 22.2. The Labute approximate surface area is 172 Å². The van der Waals surface area contributed by atoms with Crippen molar-refractivity contribution in [1.82, 2.24) is 10.3 Å². The summed E-state index contributed by atoms with van der Waals surface area (Å²) in [5.74, 6) is -1.29. The molecule has 0 aliphatic heterocycles. The Bertz CT molecular complexity index is 892. The van der Waals surface area contributed by atoms with E-state index in [0.717, 1.165) is 6.07 Å². The minimum absolute atomic E-state index is 0.0225. The number of rotatable bonds is 10. The zero-order chi connectivity index (χ0) is 21.2. The van der Waals surface area contributed by atoms with Crippen LogP contribution in [0.1, 0.15) is 23.7 Å². The Morgan fingerprint density at radius 3 is 2.79 bits per heavy atom. The monoisotopic (exact) mass is 421 g/mol. The summed E-state index contributed by atoms with van der Waals surface area (Å²) >= 11 is 5.59. The van der Waals surface area contributed by atoms with Crippen molar-refractivity contribution in [3.63, 3.8) is 0 Å². The first-order chi connectivity index (χ1) is 13.9. The zero-order valence-corrected chi connectivity index (χ0v) is 16.6. The third kappa shape index (κ3) is 7.42. The highest BCUT2D eigenvalue weighted by Crippen LogP contribution is 2.20. The van der Waals surface area contributed by atoms with E-state index in [4.69, 9.17) is 21.1 Å². The van der Waals surface area contributed by atoms with Crippen molar-refractivity contribution in [3.8, 4) is 5.75 Å². The SMILES string of the molecule is C=C(CCNc1cncc(C(=O)OCC)c1)NC(=O)COc1ccc(Cl)c(F)c1. The summed E-state index contributed by atoms with van der Waals surface area (Å²) in [6.45, 7) is 5.96. The minimum atomic E-state index is -0.624. The first-order valence-electron chi connectivity index (χ1n) is 8.80. The van der Waals surface area contributed by atoms with Crippen LogP contribution in [0.3, 0.4) is 0 Å². The standard InChI is InChI=1S/C20H21ClFN3O4/c1-3-28-20(27)14-8-15(11-23-10-14)24-7-6-13(2)25-19(26)12-29-16-4-5-17(21)18(22)9-16/h4-5,8-11,24H,2-3,6-7,12H2,1H3,(H,25,26). The molecular weight excluding hydrogens is 401 g/mol. The molecule has 154 valence electrons. The van der Waals surface area contributed by atoms with Crippen molar-refractivity contribution in [3.05, 3.63) is 65.3 Å². The molecule has 2 aromatic rings. The molecule has 7 nitrogen and oxygen atoms in total. The molecule has 1 aromatic carbocycles. The summed E-state index contributed by atoms with van der Waals surface area (Å²) in [7, 11) is 0. The summed E-state index contributed by atoms with van der Waals surface area (Å²) in [5, 5.41) is 5.67. The number of pyridine rings is 1. The van der Waals surface area contributed by atoms with Crippen molar-refractivity contribution < 1.29 is 23.5 Å². The first-order valence-corrected chi connectivity index (χ1v) is 9.18.